The first kappa shape index (κ1) is 7.44. The Morgan fingerprint density at radius 3 is 2.60 bits per heavy atom. The molecule has 1 N–H and O–H groups in total. The van der Waals surface area contributed by atoms with Gasteiger partial charge in [-0.3, -0.25) is 4.79 Å². The van der Waals surface area contributed by atoms with E-state index in [1.54, 1.807) is 13.0 Å². The highest BCUT2D eigenvalue weighted by Gasteiger charge is 2.39. The Hall–Kier alpha value is -0.670. The number of methoxy groups -OCH3 is 1. The summed E-state index contributed by atoms with van der Waals surface area (Å²) >= 11 is 0. The molecule has 0 aromatic carbocycles. The van der Waals surface area contributed by atoms with Crippen molar-refractivity contribution in [3.8, 4) is 0 Å². The number of aliphatic hydroxyl groups is 1. The lowest BCUT2D eigenvalue weighted by atomic mass is 10.0. The molecule has 0 fully saturated rings. The maximum absolute atomic E-state index is 10.7. The summed E-state index contributed by atoms with van der Waals surface area (Å²) in [6.07, 6.45) is 1.88. The fraction of sp³-hybridized carbons (Fsp3) is 0.571. The van der Waals surface area contributed by atoms with Gasteiger partial charge in [0.05, 0.1) is 0 Å². The lowest BCUT2D eigenvalue weighted by Crippen LogP contribution is -2.39. The van der Waals surface area contributed by atoms with Crippen LogP contribution in [0.3, 0.4) is 0 Å². The zero-order valence-electron chi connectivity index (χ0n) is 6.00. The fourth-order valence-corrected chi connectivity index (χ4v) is 0.892. The first-order chi connectivity index (χ1) is 4.60. The zero-order chi connectivity index (χ0) is 7.78. The Morgan fingerprint density at radius 1 is 1.80 bits per heavy atom. The third-order valence-electron chi connectivity index (χ3n) is 1.83. The molecule has 1 rings (SSSR count). The van der Waals surface area contributed by atoms with Gasteiger partial charge in [0.15, 0.2) is 5.78 Å². The molecule has 0 heterocycles. The van der Waals surface area contributed by atoms with Crippen molar-refractivity contribution in [2.75, 3.05) is 7.11 Å². The molecule has 1 aliphatic rings. The van der Waals surface area contributed by atoms with E-state index in [1.807, 2.05) is 0 Å². The molecule has 10 heavy (non-hydrogen) atoms. The summed E-state index contributed by atoms with van der Waals surface area (Å²) in [4.78, 5) is 10.7. The lowest BCUT2D eigenvalue weighted by Gasteiger charge is -2.23. The Labute approximate surface area is 59.3 Å². The molecule has 3 heteroatoms. The first-order valence-corrected chi connectivity index (χ1v) is 3.06. The van der Waals surface area contributed by atoms with Crippen LogP contribution in [0.5, 0.6) is 0 Å². The summed E-state index contributed by atoms with van der Waals surface area (Å²) < 4.78 is 4.92. The molecule has 0 aliphatic heterocycles. The number of rotatable bonds is 1. The van der Waals surface area contributed by atoms with E-state index < -0.39 is 11.7 Å². The largest absolute Gasteiger partial charge is 0.382 e. The van der Waals surface area contributed by atoms with Crippen molar-refractivity contribution < 1.29 is 14.6 Å². The minimum absolute atomic E-state index is 0.288. The van der Waals surface area contributed by atoms with Crippen LogP contribution in [0.2, 0.25) is 0 Å². The van der Waals surface area contributed by atoms with E-state index in [1.165, 1.54) is 13.2 Å². The van der Waals surface area contributed by atoms with Crippen LogP contribution < -0.4 is 0 Å². The molecular weight excluding hydrogens is 132 g/mol. The van der Waals surface area contributed by atoms with E-state index in [0.29, 0.717) is 0 Å². The van der Waals surface area contributed by atoms with Gasteiger partial charge in [-0.25, -0.2) is 0 Å². The van der Waals surface area contributed by atoms with E-state index in [4.69, 9.17) is 4.74 Å². The van der Waals surface area contributed by atoms with Crippen molar-refractivity contribution in [3.05, 3.63) is 12.2 Å². The van der Waals surface area contributed by atoms with Crippen LogP contribution in [-0.2, 0) is 9.53 Å². The van der Waals surface area contributed by atoms with E-state index in [-0.39, 0.29) is 5.78 Å². The van der Waals surface area contributed by atoms with E-state index in [0.717, 1.165) is 0 Å². The molecule has 3 nitrogen and oxygen atoms in total. The predicted octanol–water partition coefficient (Wildman–Crippen LogP) is -0.109. The van der Waals surface area contributed by atoms with Gasteiger partial charge in [-0.15, -0.1) is 0 Å². The monoisotopic (exact) mass is 142 g/mol. The SMILES string of the molecule is CO[C@@]1(C)C=CC(=O)[C@@H]1O. The minimum Gasteiger partial charge on any atom is -0.382 e. The molecular formula is C7H10O3. The molecule has 56 valence electrons. The third-order valence-corrected chi connectivity index (χ3v) is 1.83. The van der Waals surface area contributed by atoms with Gasteiger partial charge in [0, 0.05) is 7.11 Å². The molecule has 0 saturated carbocycles. The number of aliphatic hydroxyl groups excluding tert-OH is 1. The van der Waals surface area contributed by atoms with E-state index >= 15 is 0 Å². The van der Waals surface area contributed by atoms with Gasteiger partial charge in [-0.1, -0.05) is 0 Å². The average molecular weight is 142 g/mol. The Kier molecular flexibility index (Phi) is 1.62. The predicted molar refractivity (Wildman–Crippen MR) is 35.6 cm³/mol. The summed E-state index contributed by atoms with van der Waals surface area (Å²) in [7, 11) is 1.46. The maximum atomic E-state index is 10.7. The molecule has 0 aromatic heterocycles. The van der Waals surface area contributed by atoms with Gasteiger partial charge >= 0.3 is 0 Å². The molecule has 2 atom stereocenters. The number of hydrogen-bond donors (Lipinski definition) is 1. The molecule has 0 unspecified atom stereocenters. The van der Waals surface area contributed by atoms with Crippen LogP contribution in [-0.4, -0.2) is 29.7 Å². The fourth-order valence-electron chi connectivity index (χ4n) is 0.892. The lowest BCUT2D eigenvalue weighted by molar-refractivity contribution is -0.131. The standard InChI is InChI=1S/C7H10O3/c1-7(10-2)4-3-5(8)6(7)9/h3-4,6,9H,1-2H3/t6-,7-/m0/s1. The maximum Gasteiger partial charge on any atom is 0.187 e. The molecule has 0 aromatic rings. The summed E-state index contributed by atoms with van der Waals surface area (Å²) in [5.41, 5.74) is -0.808. The smallest absolute Gasteiger partial charge is 0.187 e. The number of ketones is 1. The second kappa shape index (κ2) is 2.18. The highest BCUT2D eigenvalue weighted by atomic mass is 16.5. The summed E-state index contributed by atoms with van der Waals surface area (Å²) in [6.45, 7) is 1.67. The summed E-state index contributed by atoms with van der Waals surface area (Å²) in [5.74, 6) is -0.288. The topological polar surface area (TPSA) is 46.5 Å². The average Bonchev–Trinajstić information content (AvgIpc) is 2.19. The van der Waals surface area contributed by atoms with Crippen molar-refractivity contribution in [1.82, 2.24) is 0 Å². The molecule has 0 radical (unpaired) electrons. The van der Waals surface area contributed by atoms with Gasteiger partial charge in [-0.2, -0.15) is 0 Å². The van der Waals surface area contributed by atoms with E-state index in [2.05, 4.69) is 0 Å². The van der Waals surface area contributed by atoms with Crippen molar-refractivity contribution in [2.45, 2.75) is 18.6 Å². The number of hydrogen-bond acceptors (Lipinski definition) is 3. The van der Waals surface area contributed by atoms with Gasteiger partial charge < -0.3 is 9.84 Å². The van der Waals surface area contributed by atoms with Crippen LogP contribution in [0.4, 0.5) is 0 Å². The van der Waals surface area contributed by atoms with Gasteiger partial charge in [0.2, 0.25) is 0 Å². The molecule has 1 aliphatic carbocycles. The highest BCUT2D eigenvalue weighted by molar-refractivity contribution is 5.97. The van der Waals surface area contributed by atoms with Gasteiger partial charge in [0.25, 0.3) is 0 Å². The van der Waals surface area contributed by atoms with E-state index in [9.17, 15) is 9.90 Å². The Morgan fingerprint density at radius 2 is 2.40 bits per heavy atom. The highest BCUT2D eigenvalue weighted by Crippen LogP contribution is 2.23. The van der Waals surface area contributed by atoms with Crippen LogP contribution in [0.25, 0.3) is 0 Å². The molecule has 0 saturated heterocycles. The van der Waals surface area contributed by atoms with Crippen molar-refractivity contribution in [2.24, 2.45) is 0 Å². The van der Waals surface area contributed by atoms with Gasteiger partial charge in [-0.05, 0) is 19.1 Å². The van der Waals surface area contributed by atoms with Crippen molar-refractivity contribution >= 4 is 5.78 Å². The Bertz CT molecular complexity index is 185. The quantitative estimate of drug-likeness (QED) is 0.555. The zero-order valence-corrected chi connectivity index (χ0v) is 6.00. The van der Waals surface area contributed by atoms with Crippen LogP contribution in [0.1, 0.15) is 6.92 Å². The minimum atomic E-state index is -1.03. The second-order valence-electron chi connectivity index (χ2n) is 2.53. The molecule has 0 amide bonds. The second-order valence-corrected chi connectivity index (χ2v) is 2.53. The van der Waals surface area contributed by atoms with Crippen molar-refractivity contribution in [3.63, 3.8) is 0 Å². The number of carbonyl (C=O) groups is 1. The normalized spacial score (nSPS) is 39.1. The summed E-state index contributed by atoms with van der Waals surface area (Å²) in [6, 6.07) is 0. The first-order valence-electron chi connectivity index (χ1n) is 3.06. The van der Waals surface area contributed by atoms with Crippen LogP contribution >= 0.6 is 0 Å². The van der Waals surface area contributed by atoms with Crippen LogP contribution in [0.15, 0.2) is 12.2 Å². The molecule has 0 bridgehead atoms. The van der Waals surface area contributed by atoms with Crippen molar-refractivity contribution in [1.29, 1.82) is 0 Å². The molecule has 0 spiro atoms. The van der Waals surface area contributed by atoms with Gasteiger partial charge in [0.1, 0.15) is 11.7 Å². The third kappa shape index (κ3) is 0.874. The number of ether oxygens (including phenoxy) is 1. The summed E-state index contributed by atoms with van der Waals surface area (Å²) in [5, 5.41) is 9.18. The Balaban J connectivity index is 2.83. The van der Waals surface area contributed by atoms with Crippen LogP contribution in [0, 0.1) is 0 Å². The number of carbonyl (C=O) groups excluding carboxylic acids is 1.